The van der Waals surface area contributed by atoms with Gasteiger partial charge in [0.05, 0.1) is 5.92 Å². The molecular weight excluding hydrogens is 178 g/mol. The average molecular weight is 191 g/mol. The molecule has 0 aliphatic heterocycles. The highest BCUT2D eigenvalue weighted by atomic mass is 16.1. The summed E-state index contributed by atoms with van der Waals surface area (Å²) in [6.45, 7) is 1.80. The topological polar surface area (TPSA) is 46.2 Å². The van der Waals surface area contributed by atoms with Crippen LogP contribution in [0.2, 0.25) is 0 Å². The molecule has 1 atom stereocenters. The van der Waals surface area contributed by atoms with Crippen LogP contribution in [0.5, 0.6) is 0 Å². The second kappa shape index (κ2) is 5.17. The number of nitrogens with one attached hydrogen (secondary N) is 1. The minimum Gasteiger partial charge on any atom is -0.355 e. The number of rotatable bonds is 4. The molecule has 14 heavy (non-hydrogen) atoms. The molecule has 0 saturated carbocycles. The van der Waals surface area contributed by atoms with Gasteiger partial charge in [0.25, 0.3) is 0 Å². The zero-order chi connectivity index (χ0) is 10.4. The summed E-state index contributed by atoms with van der Waals surface area (Å²) < 4.78 is 0. The van der Waals surface area contributed by atoms with Crippen LogP contribution in [0.1, 0.15) is 18.4 Å². The summed E-state index contributed by atoms with van der Waals surface area (Å²) in [6.07, 6.45) is 0.852. The monoisotopic (exact) mass is 191 g/mol. The Morgan fingerprint density at radius 1 is 1.43 bits per heavy atom. The highest BCUT2D eigenvalue weighted by Crippen LogP contribution is 2.11. The van der Waals surface area contributed by atoms with Gasteiger partial charge in [-0.3, -0.25) is 4.79 Å². The standard InChI is InChI=1S/C11H13NO2/c1-9(14)12-7-11(8-13)10-5-3-2-4-6-10/h2-6,8,11H,7H2,1H3,(H,12,14). The number of amides is 1. The average Bonchev–Trinajstić information content (AvgIpc) is 2.20. The number of carbonyl (C=O) groups is 2. The fraction of sp³-hybridized carbons (Fsp3) is 0.273. The van der Waals surface area contributed by atoms with Gasteiger partial charge in [0.1, 0.15) is 6.29 Å². The van der Waals surface area contributed by atoms with Crippen LogP contribution in [0.4, 0.5) is 0 Å². The largest absolute Gasteiger partial charge is 0.355 e. The molecule has 0 aromatic heterocycles. The van der Waals surface area contributed by atoms with Gasteiger partial charge in [-0.25, -0.2) is 0 Å². The lowest BCUT2D eigenvalue weighted by Gasteiger charge is -2.10. The summed E-state index contributed by atoms with van der Waals surface area (Å²) in [4.78, 5) is 21.4. The molecule has 1 N–H and O–H groups in total. The van der Waals surface area contributed by atoms with Gasteiger partial charge < -0.3 is 10.1 Å². The Labute approximate surface area is 83.1 Å². The highest BCUT2D eigenvalue weighted by Gasteiger charge is 2.09. The quantitative estimate of drug-likeness (QED) is 0.724. The Morgan fingerprint density at radius 3 is 2.57 bits per heavy atom. The first-order chi connectivity index (χ1) is 6.74. The van der Waals surface area contributed by atoms with Gasteiger partial charge in [-0.05, 0) is 5.56 Å². The van der Waals surface area contributed by atoms with Gasteiger partial charge in [-0.2, -0.15) is 0 Å². The van der Waals surface area contributed by atoms with Crippen LogP contribution in [0, 0.1) is 0 Å². The van der Waals surface area contributed by atoms with Crippen LogP contribution in [-0.2, 0) is 9.59 Å². The van der Waals surface area contributed by atoms with Gasteiger partial charge in [0.2, 0.25) is 5.91 Å². The van der Waals surface area contributed by atoms with Gasteiger partial charge in [-0.1, -0.05) is 30.3 Å². The molecule has 0 aliphatic rings. The second-order valence-corrected chi connectivity index (χ2v) is 3.09. The van der Waals surface area contributed by atoms with Crippen LogP contribution >= 0.6 is 0 Å². The maximum atomic E-state index is 10.8. The van der Waals surface area contributed by atoms with E-state index in [1.54, 1.807) is 0 Å². The van der Waals surface area contributed by atoms with Crippen LogP contribution < -0.4 is 5.32 Å². The van der Waals surface area contributed by atoms with Gasteiger partial charge in [0, 0.05) is 13.5 Å². The van der Waals surface area contributed by atoms with Crippen LogP contribution in [0.25, 0.3) is 0 Å². The normalized spacial score (nSPS) is 11.8. The van der Waals surface area contributed by atoms with Crippen molar-refractivity contribution in [3.63, 3.8) is 0 Å². The molecule has 0 aliphatic carbocycles. The zero-order valence-electron chi connectivity index (χ0n) is 8.07. The molecule has 3 nitrogen and oxygen atoms in total. The molecule has 1 aromatic rings. The molecule has 1 rings (SSSR count). The Hall–Kier alpha value is -1.64. The molecule has 1 amide bonds. The third-order valence-electron chi connectivity index (χ3n) is 1.96. The number of benzene rings is 1. The lowest BCUT2D eigenvalue weighted by atomic mass is 10.0. The number of hydrogen-bond donors (Lipinski definition) is 1. The first-order valence-corrected chi connectivity index (χ1v) is 4.48. The summed E-state index contributed by atoms with van der Waals surface area (Å²) in [7, 11) is 0. The van der Waals surface area contributed by atoms with E-state index < -0.39 is 0 Å². The van der Waals surface area contributed by atoms with E-state index in [0.29, 0.717) is 6.54 Å². The van der Waals surface area contributed by atoms with E-state index in [2.05, 4.69) is 5.32 Å². The molecule has 0 saturated heterocycles. The first-order valence-electron chi connectivity index (χ1n) is 4.48. The first kappa shape index (κ1) is 10.4. The third kappa shape index (κ3) is 3.01. The van der Waals surface area contributed by atoms with Gasteiger partial charge >= 0.3 is 0 Å². The molecular formula is C11H13NO2. The third-order valence-corrected chi connectivity index (χ3v) is 1.96. The van der Waals surface area contributed by atoms with E-state index in [4.69, 9.17) is 0 Å². The number of carbonyl (C=O) groups excluding carboxylic acids is 2. The maximum absolute atomic E-state index is 10.8. The Balaban J connectivity index is 2.63. The van der Waals surface area contributed by atoms with E-state index in [1.165, 1.54) is 6.92 Å². The van der Waals surface area contributed by atoms with Crippen LogP contribution in [0.3, 0.4) is 0 Å². The van der Waals surface area contributed by atoms with Crippen molar-refractivity contribution in [2.24, 2.45) is 0 Å². The van der Waals surface area contributed by atoms with Gasteiger partial charge in [-0.15, -0.1) is 0 Å². The van der Waals surface area contributed by atoms with Crippen LogP contribution in [0.15, 0.2) is 30.3 Å². The predicted octanol–water partition coefficient (Wildman–Crippen LogP) is 1.11. The molecule has 1 unspecified atom stereocenters. The minimum absolute atomic E-state index is 0.118. The Morgan fingerprint density at radius 2 is 2.07 bits per heavy atom. The minimum atomic E-state index is -0.250. The molecule has 0 radical (unpaired) electrons. The van der Waals surface area contributed by atoms with E-state index >= 15 is 0 Å². The zero-order valence-corrected chi connectivity index (χ0v) is 8.07. The fourth-order valence-corrected chi connectivity index (χ4v) is 1.20. The molecule has 3 heteroatoms. The Kier molecular flexibility index (Phi) is 3.85. The van der Waals surface area contributed by atoms with E-state index in [0.717, 1.165) is 11.8 Å². The van der Waals surface area contributed by atoms with Crippen molar-refractivity contribution in [2.75, 3.05) is 6.54 Å². The lowest BCUT2D eigenvalue weighted by molar-refractivity contribution is -0.119. The fourth-order valence-electron chi connectivity index (χ4n) is 1.20. The summed E-state index contributed by atoms with van der Waals surface area (Å²) in [5.41, 5.74) is 0.927. The highest BCUT2D eigenvalue weighted by molar-refractivity contribution is 5.74. The second-order valence-electron chi connectivity index (χ2n) is 3.09. The predicted molar refractivity (Wildman–Crippen MR) is 53.9 cm³/mol. The molecule has 74 valence electrons. The SMILES string of the molecule is CC(=O)NCC(C=O)c1ccccc1. The number of aldehydes is 1. The van der Waals surface area contributed by atoms with Crippen molar-refractivity contribution >= 4 is 12.2 Å². The van der Waals surface area contributed by atoms with Crippen molar-refractivity contribution in [1.82, 2.24) is 5.32 Å². The lowest BCUT2D eigenvalue weighted by Crippen LogP contribution is -2.26. The summed E-state index contributed by atoms with van der Waals surface area (Å²) in [5.74, 6) is -0.368. The number of hydrogen-bond acceptors (Lipinski definition) is 2. The summed E-state index contributed by atoms with van der Waals surface area (Å²) in [5, 5.41) is 2.62. The molecule has 0 heterocycles. The van der Waals surface area contributed by atoms with Crippen molar-refractivity contribution in [3.05, 3.63) is 35.9 Å². The smallest absolute Gasteiger partial charge is 0.216 e. The molecule has 0 spiro atoms. The van der Waals surface area contributed by atoms with Gasteiger partial charge in [0.15, 0.2) is 0 Å². The van der Waals surface area contributed by atoms with Crippen molar-refractivity contribution < 1.29 is 9.59 Å². The Bertz CT molecular complexity index is 308. The van der Waals surface area contributed by atoms with Crippen molar-refractivity contribution in [1.29, 1.82) is 0 Å². The molecule has 1 aromatic carbocycles. The summed E-state index contributed by atoms with van der Waals surface area (Å²) >= 11 is 0. The van der Waals surface area contributed by atoms with Crippen LogP contribution in [-0.4, -0.2) is 18.7 Å². The van der Waals surface area contributed by atoms with Crippen molar-refractivity contribution in [3.8, 4) is 0 Å². The van der Waals surface area contributed by atoms with E-state index in [9.17, 15) is 9.59 Å². The van der Waals surface area contributed by atoms with E-state index in [1.807, 2.05) is 30.3 Å². The molecule has 0 fully saturated rings. The molecule has 0 bridgehead atoms. The maximum Gasteiger partial charge on any atom is 0.216 e. The summed E-state index contributed by atoms with van der Waals surface area (Å²) in [6, 6.07) is 9.39. The van der Waals surface area contributed by atoms with E-state index in [-0.39, 0.29) is 11.8 Å². The van der Waals surface area contributed by atoms with Crippen molar-refractivity contribution in [2.45, 2.75) is 12.8 Å².